The zero-order valence-corrected chi connectivity index (χ0v) is 11.4. The highest BCUT2D eigenvalue weighted by Crippen LogP contribution is 2.60. The summed E-state index contributed by atoms with van der Waals surface area (Å²) in [5.74, 6) is 2.90. The standard InChI is InChI=1S/C11H18N2S.BrH/c12-10(13)14-11-4-7-1-8(5-11)3-9(2-7)6-11;/h7-9H,1-6H2,(H3,12,13);1H. The molecule has 2 nitrogen and oxygen atoms in total. The van der Waals surface area contributed by atoms with Crippen molar-refractivity contribution in [2.24, 2.45) is 23.5 Å². The van der Waals surface area contributed by atoms with E-state index in [1.807, 2.05) is 0 Å². The lowest BCUT2D eigenvalue weighted by atomic mass is 9.56. The number of rotatable bonds is 1. The van der Waals surface area contributed by atoms with Crippen LogP contribution in [-0.2, 0) is 0 Å². The minimum absolute atomic E-state index is 0. The van der Waals surface area contributed by atoms with Crippen LogP contribution in [0.4, 0.5) is 0 Å². The number of nitrogens with one attached hydrogen (secondary N) is 1. The summed E-state index contributed by atoms with van der Waals surface area (Å²) in [5, 5.41) is 7.81. The lowest BCUT2D eigenvalue weighted by Gasteiger charge is -2.56. The number of thioether (sulfide) groups is 1. The summed E-state index contributed by atoms with van der Waals surface area (Å²) in [6, 6.07) is 0. The maximum absolute atomic E-state index is 7.47. The average Bonchev–Trinajstić information content (AvgIpc) is 1.96. The Bertz CT molecular complexity index is 244. The Labute approximate surface area is 106 Å². The molecule has 0 amide bonds. The Balaban J connectivity index is 0.000000853. The number of halogens is 1. The molecule has 4 bridgehead atoms. The first-order valence-electron chi connectivity index (χ1n) is 5.68. The Morgan fingerprint density at radius 1 is 1.07 bits per heavy atom. The number of amidine groups is 1. The van der Waals surface area contributed by atoms with Gasteiger partial charge in [-0.2, -0.15) is 0 Å². The highest BCUT2D eigenvalue weighted by Gasteiger charge is 2.51. The maximum Gasteiger partial charge on any atom is 0.151 e. The fourth-order valence-electron chi connectivity index (χ4n) is 4.39. The Kier molecular flexibility index (Phi) is 3.10. The molecule has 4 aliphatic carbocycles. The molecule has 0 unspecified atom stereocenters. The Hall–Kier alpha value is 0.300. The van der Waals surface area contributed by atoms with E-state index in [2.05, 4.69) is 0 Å². The molecule has 0 aromatic heterocycles. The highest BCUT2D eigenvalue weighted by molar-refractivity contribution is 8.93. The van der Waals surface area contributed by atoms with Gasteiger partial charge in [-0.05, 0) is 56.3 Å². The molecule has 0 aromatic rings. The van der Waals surface area contributed by atoms with Gasteiger partial charge in [-0.3, -0.25) is 5.41 Å². The molecule has 0 atom stereocenters. The fraction of sp³-hybridized carbons (Fsp3) is 0.909. The SMILES string of the molecule is Br.N=C(N)SC12CC3CC(CC(C3)C1)C2. The van der Waals surface area contributed by atoms with Gasteiger partial charge in [0.05, 0.1) is 0 Å². The monoisotopic (exact) mass is 290 g/mol. The first-order chi connectivity index (χ1) is 6.65. The van der Waals surface area contributed by atoms with E-state index in [-0.39, 0.29) is 17.0 Å². The number of hydrogen-bond acceptors (Lipinski definition) is 2. The number of nitrogens with two attached hydrogens (primary N) is 1. The van der Waals surface area contributed by atoms with Crippen LogP contribution in [0.25, 0.3) is 0 Å². The van der Waals surface area contributed by atoms with Crippen molar-refractivity contribution in [1.82, 2.24) is 0 Å². The third-order valence-electron chi connectivity index (χ3n) is 4.31. The van der Waals surface area contributed by atoms with E-state index in [1.54, 1.807) is 11.8 Å². The van der Waals surface area contributed by atoms with Crippen LogP contribution < -0.4 is 5.73 Å². The lowest BCUT2D eigenvalue weighted by Crippen LogP contribution is -2.49. The molecule has 3 N–H and O–H groups in total. The van der Waals surface area contributed by atoms with Gasteiger partial charge >= 0.3 is 0 Å². The van der Waals surface area contributed by atoms with E-state index in [0.717, 1.165) is 17.8 Å². The third-order valence-corrected chi connectivity index (χ3v) is 5.46. The summed E-state index contributed by atoms with van der Waals surface area (Å²) in [6.07, 6.45) is 8.42. The largest absolute Gasteiger partial charge is 0.379 e. The van der Waals surface area contributed by atoms with Gasteiger partial charge < -0.3 is 5.73 Å². The minimum Gasteiger partial charge on any atom is -0.379 e. The van der Waals surface area contributed by atoms with Crippen molar-refractivity contribution in [1.29, 1.82) is 5.41 Å². The van der Waals surface area contributed by atoms with E-state index in [9.17, 15) is 0 Å². The molecular formula is C11H19BrN2S. The topological polar surface area (TPSA) is 49.9 Å². The van der Waals surface area contributed by atoms with E-state index in [0.29, 0.717) is 9.91 Å². The van der Waals surface area contributed by atoms with Gasteiger partial charge in [0, 0.05) is 4.75 Å². The van der Waals surface area contributed by atoms with Crippen LogP contribution in [0, 0.1) is 23.2 Å². The molecule has 0 saturated heterocycles. The van der Waals surface area contributed by atoms with E-state index < -0.39 is 0 Å². The second kappa shape index (κ2) is 3.95. The summed E-state index contributed by atoms with van der Waals surface area (Å²) in [5.41, 5.74) is 5.56. The second-order valence-corrected chi connectivity index (χ2v) is 7.08. The molecule has 0 aromatic carbocycles. The van der Waals surface area contributed by atoms with E-state index in [4.69, 9.17) is 11.1 Å². The molecular weight excluding hydrogens is 272 g/mol. The van der Waals surface area contributed by atoms with Crippen molar-refractivity contribution < 1.29 is 0 Å². The smallest absolute Gasteiger partial charge is 0.151 e. The van der Waals surface area contributed by atoms with Gasteiger partial charge in [0.2, 0.25) is 0 Å². The summed E-state index contributed by atoms with van der Waals surface area (Å²) in [6.45, 7) is 0. The van der Waals surface area contributed by atoms with Gasteiger partial charge in [-0.25, -0.2) is 0 Å². The van der Waals surface area contributed by atoms with Crippen molar-refractivity contribution in [2.45, 2.75) is 43.3 Å². The molecule has 4 fully saturated rings. The van der Waals surface area contributed by atoms with Crippen molar-refractivity contribution in [3.63, 3.8) is 0 Å². The zero-order chi connectivity index (χ0) is 9.76. The summed E-state index contributed by atoms with van der Waals surface area (Å²) in [7, 11) is 0. The predicted molar refractivity (Wildman–Crippen MR) is 70.7 cm³/mol. The van der Waals surface area contributed by atoms with Crippen LogP contribution in [0.5, 0.6) is 0 Å². The maximum atomic E-state index is 7.47. The summed E-state index contributed by atoms with van der Waals surface area (Å²) < 4.78 is 0.389. The van der Waals surface area contributed by atoms with Gasteiger partial charge in [0.25, 0.3) is 0 Å². The molecule has 4 heteroatoms. The first kappa shape index (κ1) is 11.8. The molecule has 4 rings (SSSR count). The molecule has 86 valence electrons. The molecule has 4 saturated carbocycles. The van der Waals surface area contributed by atoms with Crippen LogP contribution in [0.2, 0.25) is 0 Å². The van der Waals surface area contributed by atoms with Crippen molar-refractivity contribution in [2.75, 3.05) is 0 Å². The van der Waals surface area contributed by atoms with Crippen LogP contribution in [0.3, 0.4) is 0 Å². The van der Waals surface area contributed by atoms with Crippen LogP contribution in [0.1, 0.15) is 38.5 Å². The molecule has 0 heterocycles. The zero-order valence-electron chi connectivity index (χ0n) is 8.87. The molecule has 0 aliphatic heterocycles. The first-order valence-corrected chi connectivity index (χ1v) is 6.50. The second-order valence-electron chi connectivity index (χ2n) is 5.57. The normalized spacial score (nSPS) is 46.3. The number of hydrogen-bond donors (Lipinski definition) is 2. The highest BCUT2D eigenvalue weighted by atomic mass is 79.9. The van der Waals surface area contributed by atoms with Crippen molar-refractivity contribution in [3.8, 4) is 0 Å². The summed E-state index contributed by atoms with van der Waals surface area (Å²) >= 11 is 1.67. The van der Waals surface area contributed by atoms with Gasteiger partial charge in [0.1, 0.15) is 0 Å². The predicted octanol–water partition coefficient (Wildman–Crippen LogP) is 3.16. The minimum atomic E-state index is 0. The quantitative estimate of drug-likeness (QED) is 0.576. The average molecular weight is 291 g/mol. The van der Waals surface area contributed by atoms with E-state index >= 15 is 0 Å². The summed E-state index contributed by atoms with van der Waals surface area (Å²) in [4.78, 5) is 0. The molecule has 0 spiro atoms. The fourth-order valence-corrected chi connectivity index (χ4v) is 5.81. The van der Waals surface area contributed by atoms with Gasteiger partial charge in [0.15, 0.2) is 5.17 Å². The van der Waals surface area contributed by atoms with Gasteiger partial charge in [-0.15, -0.1) is 17.0 Å². The van der Waals surface area contributed by atoms with Crippen molar-refractivity contribution in [3.05, 3.63) is 0 Å². The van der Waals surface area contributed by atoms with Crippen LogP contribution in [-0.4, -0.2) is 9.91 Å². The van der Waals surface area contributed by atoms with Crippen LogP contribution in [0.15, 0.2) is 0 Å². The Morgan fingerprint density at radius 3 is 1.80 bits per heavy atom. The van der Waals surface area contributed by atoms with Crippen molar-refractivity contribution >= 4 is 33.9 Å². The van der Waals surface area contributed by atoms with E-state index in [1.165, 1.54) is 38.5 Å². The molecule has 0 radical (unpaired) electrons. The Morgan fingerprint density at radius 2 is 1.47 bits per heavy atom. The molecule has 4 aliphatic rings. The molecule has 15 heavy (non-hydrogen) atoms. The van der Waals surface area contributed by atoms with Gasteiger partial charge in [-0.1, -0.05) is 11.8 Å². The lowest BCUT2D eigenvalue weighted by molar-refractivity contribution is 0.0388. The third kappa shape index (κ3) is 2.07. The van der Waals surface area contributed by atoms with Crippen LogP contribution >= 0.6 is 28.7 Å².